The standard InChI is InChI=1S/C14H17ClF2N2O3/c15-10-1-2-11(22-13(16)17)9(7-10)8-19-5-3-14(21,4-6-19)12(18)20/h1-2,7,13,21H,3-6,8H2,(H2,18,20). The van der Waals surface area contributed by atoms with Crippen molar-refractivity contribution in [1.29, 1.82) is 0 Å². The fraction of sp³-hybridized carbons (Fsp3) is 0.500. The maximum atomic E-state index is 12.4. The van der Waals surface area contributed by atoms with Gasteiger partial charge in [-0.3, -0.25) is 9.69 Å². The van der Waals surface area contributed by atoms with Crippen LogP contribution in [0.25, 0.3) is 0 Å². The molecule has 0 spiro atoms. The average Bonchev–Trinajstić information content (AvgIpc) is 2.44. The highest BCUT2D eigenvalue weighted by atomic mass is 35.5. The van der Waals surface area contributed by atoms with Gasteiger partial charge in [-0.2, -0.15) is 8.78 Å². The number of hydrogen-bond donors (Lipinski definition) is 2. The molecule has 22 heavy (non-hydrogen) atoms. The molecule has 0 aliphatic carbocycles. The van der Waals surface area contributed by atoms with Crippen molar-refractivity contribution in [2.24, 2.45) is 5.73 Å². The summed E-state index contributed by atoms with van der Waals surface area (Å²) in [6.45, 7) is -1.75. The number of ether oxygens (including phenoxy) is 1. The number of carbonyl (C=O) groups is 1. The van der Waals surface area contributed by atoms with Crippen LogP contribution in [-0.2, 0) is 11.3 Å². The summed E-state index contributed by atoms with van der Waals surface area (Å²) in [6.07, 6.45) is 0.405. The van der Waals surface area contributed by atoms with Gasteiger partial charge in [-0.1, -0.05) is 11.6 Å². The molecule has 1 amide bonds. The van der Waals surface area contributed by atoms with Gasteiger partial charge in [0.25, 0.3) is 0 Å². The van der Waals surface area contributed by atoms with Crippen molar-refractivity contribution < 1.29 is 23.4 Å². The molecule has 1 fully saturated rings. The van der Waals surface area contributed by atoms with Crippen molar-refractivity contribution in [1.82, 2.24) is 4.90 Å². The number of nitrogens with zero attached hydrogens (tertiary/aromatic N) is 1. The molecule has 0 atom stereocenters. The minimum Gasteiger partial charge on any atom is -0.434 e. The molecule has 2 rings (SSSR count). The van der Waals surface area contributed by atoms with Crippen LogP contribution in [0.15, 0.2) is 18.2 Å². The lowest BCUT2D eigenvalue weighted by molar-refractivity contribution is -0.141. The van der Waals surface area contributed by atoms with Crippen LogP contribution in [0.5, 0.6) is 5.75 Å². The van der Waals surface area contributed by atoms with Gasteiger partial charge in [0.2, 0.25) is 5.91 Å². The highest BCUT2D eigenvalue weighted by Gasteiger charge is 2.37. The van der Waals surface area contributed by atoms with Gasteiger partial charge in [0.1, 0.15) is 11.4 Å². The molecular weight excluding hydrogens is 318 g/mol. The van der Waals surface area contributed by atoms with Crippen molar-refractivity contribution in [3.63, 3.8) is 0 Å². The Hall–Kier alpha value is -1.44. The second-order valence-corrected chi connectivity index (χ2v) is 5.74. The van der Waals surface area contributed by atoms with Crippen LogP contribution in [-0.4, -0.2) is 41.2 Å². The van der Waals surface area contributed by atoms with E-state index in [1.165, 1.54) is 12.1 Å². The average molecular weight is 335 g/mol. The van der Waals surface area contributed by atoms with E-state index in [9.17, 15) is 18.7 Å². The number of nitrogens with two attached hydrogens (primary N) is 1. The fourth-order valence-electron chi connectivity index (χ4n) is 2.45. The van der Waals surface area contributed by atoms with Crippen LogP contribution in [0.4, 0.5) is 8.78 Å². The van der Waals surface area contributed by atoms with E-state index in [-0.39, 0.29) is 18.6 Å². The first kappa shape index (κ1) is 16.9. The van der Waals surface area contributed by atoms with E-state index in [4.69, 9.17) is 17.3 Å². The van der Waals surface area contributed by atoms with Crippen LogP contribution in [0.3, 0.4) is 0 Å². The fourth-order valence-corrected chi connectivity index (χ4v) is 2.65. The van der Waals surface area contributed by atoms with Gasteiger partial charge in [-0.15, -0.1) is 0 Å². The summed E-state index contributed by atoms with van der Waals surface area (Å²) in [4.78, 5) is 13.1. The molecule has 8 heteroatoms. The Morgan fingerprint density at radius 2 is 2.09 bits per heavy atom. The maximum absolute atomic E-state index is 12.4. The number of primary amides is 1. The summed E-state index contributed by atoms with van der Waals surface area (Å²) in [7, 11) is 0. The molecule has 1 heterocycles. The van der Waals surface area contributed by atoms with Gasteiger partial charge in [0, 0.05) is 30.2 Å². The number of alkyl halides is 2. The number of aliphatic hydroxyl groups is 1. The Bertz CT molecular complexity index is 549. The largest absolute Gasteiger partial charge is 0.434 e. The van der Waals surface area contributed by atoms with Crippen molar-refractivity contribution in [2.75, 3.05) is 13.1 Å². The van der Waals surface area contributed by atoms with Crippen molar-refractivity contribution in [3.8, 4) is 5.75 Å². The SMILES string of the molecule is NC(=O)C1(O)CCN(Cc2cc(Cl)ccc2OC(F)F)CC1. The maximum Gasteiger partial charge on any atom is 0.387 e. The molecule has 0 radical (unpaired) electrons. The first-order valence-corrected chi connectivity index (χ1v) is 7.16. The third-order valence-corrected chi connectivity index (χ3v) is 4.01. The summed E-state index contributed by atoms with van der Waals surface area (Å²) < 4.78 is 29.3. The Kier molecular flexibility index (Phi) is 5.20. The zero-order valence-corrected chi connectivity index (χ0v) is 12.5. The minimum absolute atomic E-state index is 0.0649. The first-order chi connectivity index (χ1) is 10.3. The third-order valence-electron chi connectivity index (χ3n) is 3.77. The number of likely N-dealkylation sites (tertiary alicyclic amines) is 1. The van der Waals surface area contributed by atoms with Gasteiger partial charge in [0.15, 0.2) is 0 Å². The van der Waals surface area contributed by atoms with Crippen LogP contribution >= 0.6 is 11.6 Å². The van der Waals surface area contributed by atoms with Crippen molar-refractivity contribution in [3.05, 3.63) is 28.8 Å². The van der Waals surface area contributed by atoms with Gasteiger partial charge in [-0.05, 0) is 31.0 Å². The van der Waals surface area contributed by atoms with E-state index >= 15 is 0 Å². The predicted molar refractivity (Wildman–Crippen MR) is 76.7 cm³/mol. The molecule has 1 aliphatic heterocycles. The molecular formula is C14H17ClF2N2O3. The summed E-state index contributed by atoms with van der Waals surface area (Å²) in [5, 5.41) is 10.4. The molecule has 0 aromatic heterocycles. The lowest BCUT2D eigenvalue weighted by Crippen LogP contribution is -2.52. The van der Waals surface area contributed by atoms with Gasteiger partial charge < -0.3 is 15.6 Å². The molecule has 1 aromatic rings. The first-order valence-electron chi connectivity index (χ1n) is 6.78. The molecule has 122 valence electrons. The molecule has 0 bridgehead atoms. The number of hydrogen-bond acceptors (Lipinski definition) is 4. The van der Waals surface area contributed by atoms with E-state index in [1.807, 2.05) is 4.90 Å². The van der Waals surface area contributed by atoms with Gasteiger partial charge in [0.05, 0.1) is 0 Å². The van der Waals surface area contributed by atoms with E-state index < -0.39 is 18.1 Å². The molecule has 0 saturated carbocycles. The Balaban J connectivity index is 2.05. The summed E-state index contributed by atoms with van der Waals surface area (Å²) >= 11 is 5.90. The number of piperidine rings is 1. The molecule has 1 saturated heterocycles. The topological polar surface area (TPSA) is 75.8 Å². The molecule has 1 aliphatic rings. The second kappa shape index (κ2) is 6.76. The molecule has 1 aromatic carbocycles. The quantitative estimate of drug-likeness (QED) is 0.860. The highest BCUT2D eigenvalue weighted by Crippen LogP contribution is 2.28. The van der Waals surface area contributed by atoms with Crippen molar-refractivity contribution >= 4 is 17.5 Å². The normalized spacial score (nSPS) is 18.4. The van der Waals surface area contributed by atoms with Crippen LogP contribution in [0.2, 0.25) is 5.02 Å². The number of amides is 1. The molecule has 5 nitrogen and oxygen atoms in total. The predicted octanol–water partition coefficient (Wildman–Crippen LogP) is 1.75. The summed E-state index contributed by atoms with van der Waals surface area (Å²) in [6, 6.07) is 4.44. The minimum atomic E-state index is -2.92. The Morgan fingerprint density at radius 1 is 1.45 bits per heavy atom. The van der Waals surface area contributed by atoms with E-state index in [2.05, 4.69) is 4.74 Å². The number of carbonyl (C=O) groups excluding carboxylic acids is 1. The lowest BCUT2D eigenvalue weighted by atomic mass is 9.90. The van der Waals surface area contributed by atoms with Crippen molar-refractivity contribution in [2.45, 2.75) is 31.6 Å². The number of benzene rings is 1. The number of rotatable bonds is 5. The summed E-state index contributed by atoms with van der Waals surface area (Å²) in [5.74, 6) is -0.674. The van der Waals surface area contributed by atoms with Gasteiger partial charge >= 0.3 is 6.61 Å². The third kappa shape index (κ3) is 4.06. The summed E-state index contributed by atoms with van der Waals surface area (Å²) in [5.41, 5.74) is 4.20. The van der Waals surface area contributed by atoms with E-state index in [0.717, 1.165) is 0 Å². The van der Waals surface area contributed by atoms with Gasteiger partial charge in [-0.25, -0.2) is 0 Å². The monoisotopic (exact) mass is 334 g/mol. The lowest BCUT2D eigenvalue weighted by Gasteiger charge is -2.36. The van der Waals surface area contributed by atoms with Crippen LogP contribution < -0.4 is 10.5 Å². The van der Waals surface area contributed by atoms with Crippen LogP contribution in [0.1, 0.15) is 18.4 Å². The zero-order valence-electron chi connectivity index (χ0n) is 11.8. The molecule has 3 N–H and O–H groups in total. The Labute approximate surface area is 131 Å². The molecule has 0 unspecified atom stereocenters. The van der Waals surface area contributed by atoms with E-state index in [0.29, 0.717) is 30.2 Å². The number of halogens is 3. The second-order valence-electron chi connectivity index (χ2n) is 5.30. The van der Waals surface area contributed by atoms with E-state index in [1.54, 1.807) is 6.07 Å². The smallest absolute Gasteiger partial charge is 0.387 e. The van der Waals surface area contributed by atoms with Crippen LogP contribution in [0, 0.1) is 0 Å². The zero-order chi connectivity index (χ0) is 16.3. The Morgan fingerprint density at radius 3 is 2.64 bits per heavy atom. The highest BCUT2D eigenvalue weighted by molar-refractivity contribution is 6.30.